The van der Waals surface area contributed by atoms with Crippen molar-refractivity contribution in [2.75, 3.05) is 11.9 Å². The van der Waals surface area contributed by atoms with Crippen molar-refractivity contribution in [1.29, 1.82) is 0 Å². The predicted molar refractivity (Wildman–Crippen MR) is 106 cm³/mol. The van der Waals surface area contributed by atoms with E-state index in [9.17, 15) is 22.4 Å². The number of hydrogen-bond donors (Lipinski definition) is 0. The molecule has 0 fully saturated rings. The lowest BCUT2D eigenvalue weighted by molar-refractivity contribution is -0.142. The Morgan fingerprint density at radius 2 is 1.68 bits per heavy atom. The standard InChI is InChI=1S/C22H14F4N4O/c1-29-17-8-4-13(10-14(17)11-19(29)31)21-27-18-9-7-16(12-2-5-15(23)6-3-12)20(22(24,25)26)30(18)28-21/h2-10H,11H2,1H3. The molecule has 156 valence electrons. The van der Waals surface area contributed by atoms with Gasteiger partial charge >= 0.3 is 6.18 Å². The summed E-state index contributed by atoms with van der Waals surface area (Å²) in [6.45, 7) is 0. The molecule has 2 aromatic heterocycles. The minimum absolute atomic E-state index is 0.0295. The maximum absolute atomic E-state index is 14.0. The first-order valence-corrected chi connectivity index (χ1v) is 9.35. The van der Waals surface area contributed by atoms with E-state index in [0.29, 0.717) is 5.56 Å². The summed E-state index contributed by atoms with van der Waals surface area (Å²) in [4.78, 5) is 17.7. The maximum atomic E-state index is 14.0. The van der Waals surface area contributed by atoms with E-state index >= 15 is 0 Å². The molecule has 0 bridgehead atoms. The van der Waals surface area contributed by atoms with Gasteiger partial charge < -0.3 is 4.90 Å². The van der Waals surface area contributed by atoms with Gasteiger partial charge in [0.15, 0.2) is 17.2 Å². The quantitative estimate of drug-likeness (QED) is 0.435. The summed E-state index contributed by atoms with van der Waals surface area (Å²) in [5.41, 5.74) is 1.17. The fraction of sp³-hybridized carbons (Fsp3) is 0.136. The molecule has 1 amide bonds. The fourth-order valence-electron chi connectivity index (χ4n) is 3.81. The second-order valence-electron chi connectivity index (χ2n) is 7.28. The summed E-state index contributed by atoms with van der Waals surface area (Å²) >= 11 is 0. The van der Waals surface area contributed by atoms with Crippen LogP contribution in [0.2, 0.25) is 0 Å². The third-order valence-electron chi connectivity index (χ3n) is 5.34. The van der Waals surface area contributed by atoms with Crippen LogP contribution in [0.15, 0.2) is 54.6 Å². The van der Waals surface area contributed by atoms with Gasteiger partial charge in [0, 0.05) is 23.9 Å². The first-order chi connectivity index (χ1) is 14.7. The Bertz CT molecular complexity index is 1340. The molecule has 0 spiro atoms. The van der Waals surface area contributed by atoms with Gasteiger partial charge in [-0.05, 0) is 53.6 Å². The normalized spacial score (nSPS) is 13.8. The van der Waals surface area contributed by atoms with Crippen LogP contribution in [0.3, 0.4) is 0 Å². The Kier molecular flexibility index (Phi) is 4.11. The van der Waals surface area contributed by atoms with Gasteiger partial charge in [-0.2, -0.15) is 13.2 Å². The second kappa shape index (κ2) is 6.63. The Morgan fingerprint density at radius 3 is 2.39 bits per heavy atom. The zero-order chi connectivity index (χ0) is 21.9. The highest BCUT2D eigenvalue weighted by Gasteiger charge is 2.38. The number of carbonyl (C=O) groups is 1. The van der Waals surface area contributed by atoms with Crippen LogP contribution in [-0.2, 0) is 17.4 Å². The van der Waals surface area contributed by atoms with Crippen LogP contribution in [-0.4, -0.2) is 27.6 Å². The molecule has 31 heavy (non-hydrogen) atoms. The zero-order valence-corrected chi connectivity index (χ0v) is 16.1. The van der Waals surface area contributed by atoms with Gasteiger partial charge in [-0.15, -0.1) is 5.10 Å². The van der Waals surface area contributed by atoms with Crippen molar-refractivity contribution in [2.24, 2.45) is 0 Å². The van der Waals surface area contributed by atoms with E-state index in [0.717, 1.165) is 27.9 Å². The molecule has 0 saturated carbocycles. The first-order valence-electron chi connectivity index (χ1n) is 9.35. The average molecular weight is 426 g/mol. The lowest BCUT2D eigenvalue weighted by Gasteiger charge is -2.14. The Hall–Kier alpha value is -3.75. The molecular formula is C22H14F4N4O. The van der Waals surface area contributed by atoms with Crippen LogP contribution >= 0.6 is 0 Å². The van der Waals surface area contributed by atoms with Crippen molar-refractivity contribution < 1.29 is 22.4 Å². The molecule has 2 aromatic carbocycles. The maximum Gasteiger partial charge on any atom is 0.434 e. The minimum atomic E-state index is -4.72. The average Bonchev–Trinajstić information content (AvgIpc) is 3.27. The molecule has 0 aliphatic carbocycles. The lowest BCUT2D eigenvalue weighted by Crippen LogP contribution is -2.20. The van der Waals surface area contributed by atoms with Gasteiger partial charge in [0.2, 0.25) is 5.91 Å². The Morgan fingerprint density at radius 1 is 0.968 bits per heavy atom. The third-order valence-corrected chi connectivity index (χ3v) is 5.34. The minimum Gasteiger partial charge on any atom is -0.315 e. The van der Waals surface area contributed by atoms with Crippen LogP contribution in [0.1, 0.15) is 11.3 Å². The van der Waals surface area contributed by atoms with Crippen molar-refractivity contribution >= 4 is 17.2 Å². The van der Waals surface area contributed by atoms with E-state index in [-0.39, 0.29) is 34.9 Å². The number of aromatic nitrogens is 3. The van der Waals surface area contributed by atoms with Gasteiger partial charge in [-0.1, -0.05) is 12.1 Å². The molecule has 0 unspecified atom stereocenters. The van der Waals surface area contributed by atoms with Gasteiger partial charge in [0.1, 0.15) is 5.82 Å². The molecule has 0 N–H and O–H groups in total. The molecule has 0 radical (unpaired) electrons. The number of fused-ring (bicyclic) bond motifs is 2. The summed E-state index contributed by atoms with van der Waals surface area (Å²) < 4.78 is 56.1. The van der Waals surface area contributed by atoms with E-state index in [1.807, 2.05) is 0 Å². The first kappa shape index (κ1) is 19.2. The molecule has 9 heteroatoms. The van der Waals surface area contributed by atoms with Gasteiger partial charge in [0.25, 0.3) is 0 Å². The molecule has 0 saturated heterocycles. The van der Waals surface area contributed by atoms with E-state index in [1.54, 1.807) is 25.2 Å². The van der Waals surface area contributed by atoms with Crippen molar-refractivity contribution in [3.05, 3.63) is 71.7 Å². The number of nitrogens with zero attached hydrogens (tertiary/aromatic N) is 4. The monoisotopic (exact) mass is 426 g/mol. The van der Waals surface area contributed by atoms with Gasteiger partial charge in [-0.3, -0.25) is 4.79 Å². The number of hydrogen-bond acceptors (Lipinski definition) is 3. The van der Waals surface area contributed by atoms with Gasteiger partial charge in [0.05, 0.1) is 6.42 Å². The topological polar surface area (TPSA) is 50.5 Å². The Balaban J connectivity index is 1.68. The number of benzene rings is 2. The molecular weight excluding hydrogens is 412 g/mol. The fourth-order valence-corrected chi connectivity index (χ4v) is 3.81. The molecule has 5 nitrogen and oxygen atoms in total. The number of rotatable bonds is 2. The van der Waals surface area contributed by atoms with E-state index < -0.39 is 17.7 Å². The molecule has 1 aliphatic heterocycles. The number of likely N-dealkylation sites (N-methyl/N-ethyl adjacent to an activating group) is 1. The summed E-state index contributed by atoms with van der Waals surface area (Å²) in [5.74, 6) is -0.480. The summed E-state index contributed by atoms with van der Waals surface area (Å²) in [7, 11) is 1.67. The SMILES string of the molecule is CN1C(=O)Cc2cc(-c3nc4ccc(-c5ccc(F)cc5)c(C(F)(F)F)n4n3)ccc21. The summed E-state index contributed by atoms with van der Waals surface area (Å²) in [5, 5.41) is 4.13. The molecule has 3 heterocycles. The number of pyridine rings is 1. The number of alkyl halides is 3. The lowest BCUT2D eigenvalue weighted by atomic mass is 10.0. The smallest absolute Gasteiger partial charge is 0.315 e. The number of anilines is 1. The van der Waals surface area contributed by atoms with Crippen molar-refractivity contribution in [3.63, 3.8) is 0 Å². The number of amides is 1. The van der Waals surface area contributed by atoms with Crippen LogP contribution < -0.4 is 4.90 Å². The van der Waals surface area contributed by atoms with Gasteiger partial charge in [-0.25, -0.2) is 13.9 Å². The van der Waals surface area contributed by atoms with E-state index in [2.05, 4.69) is 10.1 Å². The van der Waals surface area contributed by atoms with Crippen LogP contribution in [0.25, 0.3) is 28.2 Å². The van der Waals surface area contributed by atoms with Crippen molar-refractivity contribution in [2.45, 2.75) is 12.6 Å². The highest BCUT2D eigenvalue weighted by Crippen LogP contribution is 2.38. The second-order valence-corrected chi connectivity index (χ2v) is 7.28. The van der Waals surface area contributed by atoms with E-state index in [4.69, 9.17) is 0 Å². The van der Waals surface area contributed by atoms with Crippen molar-refractivity contribution in [1.82, 2.24) is 14.6 Å². The van der Waals surface area contributed by atoms with Crippen molar-refractivity contribution in [3.8, 4) is 22.5 Å². The highest BCUT2D eigenvalue weighted by molar-refractivity contribution is 6.01. The molecule has 5 rings (SSSR count). The van der Waals surface area contributed by atoms with Crippen LogP contribution in [0.4, 0.5) is 23.2 Å². The largest absolute Gasteiger partial charge is 0.434 e. The summed E-state index contributed by atoms with van der Waals surface area (Å²) in [6, 6.07) is 12.7. The predicted octanol–water partition coefficient (Wildman–Crippen LogP) is 4.74. The molecule has 4 aromatic rings. The van der Waals surface area contributed by atoms with Crippen LogP contribution in [0.5, 0.6) is 0 Å². The number of carbonyl (C=O) groups excluding carboxylic acids is 1. The number of halogens is 4. The third kappa shape index (κ3) is 3.13. The zero-order valence-electron chi connectivity index (χ0n) is 16.1. The highest BCUT2D eigenvalue weighted by atomic mass is 19.4. The Labute approximate surface area is 173 Å². The van der Waals surface area contributed by atoms with E-state index in [1.165, 1.54) is 29.2 Å². The molecule has 0 atom stereocenters. The molecule has 1 aliphatic rings. The van der Waals surface area contributed by atoms with Crippen LogP contribution in [0, 0.1) is 5.82 Å². The summed E-state index contributed by atoms with van der Waals surface area (Å²) in [6.07, 6.45) is -4.50.